The lowest BCUT2D eigenvalue weighted by molar-refractivity contribution is -0.116. The summed E-state index contributed by atoms with van der Waals surface area (Å²) in [4.78, 5) is 23.8. The molecule has 27 heavy (non-hydrogen) atoms. The van der Waals surface area contributed by atoms with Crippen molar-refractivity contribution in [2.75, 3.05) is 12.4 Å². The number of ether oxygens (including phenoxy) is 1. The predicted octanol–water partition coefficient (Wildman–Crippen LogP) is 3.29. The fraction of sp³-hybridized carbons (Fsp3) is 0.250. The molecule has 0 unspecified atom stereocenters. The number of hydrogen-bond donors (Lipinski definition) is 3. The monoisotopic (exact) mass is 369 g/mol. The molecule has 3 N–H and O–H groups in total. The number of nitrogens with one attached hydrogen (secondary N) is 2. The molecule has 0 aliphatic carbocycles. The van der Waals surface area contributed by atoms with E-state index in [1.165, 1.54) is 13.3 Å². The number of unbranched alkanes of at least 4 members (excludes halogenated alkanes) is 1. The number of carbonyl (C=O) groups is 2. The van der Waals surface area contributed by atoms with E-state index in [9.17, 15) is 14.7 Å². The lowest BCUT2D eigenvalue weighted by Crippen LogP contribution is -2.17. The average molecular weight is 369 g/mol. The summed E-state index contributed by atoms with van der Waals surface area (Å²) >= 11 is 0. The van der Waals surface area contributed by atoms with Crippen molar-refractivity contribution < 1.29 is 19.4 Å². The minimum atomic E-state index is -0.405. The number of amides is 2. The van der Waals surface area contributed by atoms with Gasteiger partial charge in [-0.1, -0.05) is 19.4 Å². The zero-order valence-electron chi connectivity index (χ0n) is 15.4. The zero-order valence-corrected chi connectivity index (χ0v) is 15.4. The Morgan fingerprint density at radius 1 is 1.19 bits per heavy atom. The largest absolute Gasteiger partial charge is 0.504 e. The summed E-state index contributed by atoms with van der Waals surface area (Å²) in [7, 11) is 1.45. The lowest BCUT2D eigenvalue weighted by Gasteiger charge is -2.06. The van der Waals surface area contributed by atoms with Crippen molar-refractivity contribution in [3.05, 3.63) is 53.6 Å². The Kier molecular flexibility index (Phi) is 7.37. The second-order valence-electron chi connectivity index (χ2n) is 5.83. The molecule has 142 valence electrons. The average Bonchev–Trinajstić information content (AvgIpc) is 2.68. The summed E-state index contributed by atoms with van der Waals surface area (Å²) in [5.41, 5.74) is 3.84. The summed E-state index contributed by atoms with van der Waals surface area (Å²) in [5.74, 6) is -0.183. The van der Waals surface area contributed by atoms with E-state index in [1.807, 2.05) is 6.92 Å². The maximum atomic E-state index is 12.1. The van der Waals surface area contributed by atoms with Gasteiger partial charge >= 0.3 is 0 Å². The van der Waals surface area contributed by atoms with E-state index in [-0.39, 0.29) is 11.7 Å². The predicted molar refractivity (Wildman–Crippen MR) is 104 cm³/mol. The van der Waals surface area contributed by atoms with Gasteiger partial charge in [-0.25, -0.2) is 5.43 Å². The highest BCUT2D eigenvalue weighted by Crippen LogP contribution is 2.27. The number of carbonyl (C=O) groups excluding carboxylic acids is 2. The van der Waals surface area contributed by atoms with Gasteiger partial charge in [0.05, 0.1) is 13.3 Å². The maximum Gasteiger partial charge on any atom is 0.271 e. The molecule has 0 fully saturated rings. The van der Waals surface area contributed by atoms with Gasteiger partial charge in [0.1, 0.15) is 0 Å². The molecule has 0 aliphatic rings. The number of phenols is 1. The minimum Gasteiger partial charge on any atom is -0.504 e. The number of rotatable bonds is 8. The SMILES string of the molecule is CCCCC(=O)Nc1ccc(C(=O)NN=Cc2cccc(OC)c2O)cc1. The van der Waals surface area contributed by atoms with Crippen molar-refractivity contribution in [2.24, 2.45) is 5.10 Å². The van der Waals surface area contributed by atoms with Crippen molar-refractivity contribution in [1.82, 2.24) is 5.43 Å². The number of aromatic hydroxyl groups is 1. The van der Waals surface area contributed by atoms with Gasteiger partial charge in [-0.2, -0.15) is 5.10 Å². The first-order chi connectivity index (χ1) is 13.0. The number of methoxy groups -OCH3 is 1. The van der Waals surface area contributed by atoms with Gasteiger partial charge in [0.2, 0.25) is 5.91 Å². The van der Waals surface area contributed by atoms with Crippen molar-refractivity contribution >= 4 is 23.7 Å². The standard InChI is InChI=1S/C20H23N3O4/c1-3-4-8-18(24)22-16-11-9-14(10-12-16)20(26)23-21-13-15-6-5-7-17(27-2)19(15)25/h5-7,9-13,25H,3-4,8H2,1-2H3,(H,22,24)(H,23,26). The summed E-state index contributed by atoms with van der Waals surface area (Å²) < 4.78 is 5.01. The number of para-hydroxylation sites is 1. The van der Waals surface area contributed by atoms with Crippen LogP contribution in [0.3, 0.4) is 0 Å². The van der Waals surface area contributed by atoms with E-state index in [4.69, 9.17) is 4.74 Å². The fourth-order valence-electron chi connectivity index (χ4n) is 2.30. The Morgan fingerprint density at radius 2 is 1.93 bits per heavy atom. The maximum absolute atomic E-state index is 12.1. The second kappa shape index (κ2) is 9.96. The second-order valence-corrected chi connectivity index (χ2v) is 5.83. The highest BCUT2D eigenvalue weighted by atomic mass is 16.5. The first-order valence-electron chi connectivity index (χ1n) is 8.64. The lowest BCUT2D eigenvalue weighted by atomic mass is 10.2. The van der Waals surface area contributed by atoms with Crippen molar-refractivity contribution in [3.63, 3.8) is 0 Å². The Balaban J connectivity index is 1.93. The Labute approximate surface area is 158 Å². The number of hydrogen-bond acceptors (Lipinski definition) is 5. The topological polar surface area (TPSA) is 100 Å². The highest BCUT2D eigenvalue weighted by Gasteiger charge is 2.07. The number of hydrazone groups is 1. The first kappa shape index (κ1) is 20.0. The molecule has 0 saturated carbocycles. The van der Waals surface area contributed by atoms with Crippen LogP contribution in [-0.4, -0.2) is 30.2 Å². The summed E-state index contributed by atoms with van der Waals surface area (Å²) in [6, 6.07) is 11.5. The molecular formula is C20H23N3O4. The van der Waals surface area contributed by atoms with E-state index in [0.29, 0.717) is 29.0 Å². The molecule has 0 bridgehead atoms. The van der Waals surface area contributed by atoms with Crippen LogP contribution in [-0.2, 0) is 4.79 Å². The van der Waals surface area contributed by atoms with Crippen LogP contribution in [0.1, 0.15) is 42.1 Å². The van der Waals surface area contributed by atoms with Gasteiger partial charge in [0.25, 0.3) is 5.91 Å². The molecule has 7 nitrogen and oxygen atoms in total. The highest BCUT2D eigenvalue weighted by molar-refractivity contribution is 5.96. The quantitative estimate of drug-likeness (QED) is 0.491. The summed E-state index contributed by atoms with van der Waals surface area (Å²) in [6.45, 7) is 2.03. The van der Waals surface area contributed by atoms with Gasteiger partial charge < -0.3 is 15.2 Å². The Morgan fingerprint density at radius 3 is 2.59 bits per heavy atom. The Bertz CT molecular complexity index is 816. The molecule has 0 atom stereocenters. The normalized spacial score (nSPS) is 10.6. The third kappa shape index (κ3) is 5.85. The molecule has 0 aliphatic heterocycles. The van der Waals surface area contributed by atoms with E-state index in [0.717, 1.165) is 12.8 Å². The van der Waals surface area contributed by atoms with Crippen LogP contribution in [0.25, 0.3) is 0 Å². The van der Waals surface area contributed by atoms with Crippen molar-refractivity contribution in [3.8, 4) is 11.5 Å². The molecular weight excluding hydrogens is 346 g/mol. The van der Waals surface area contributed by atoms with E-state index in [2.05, 4.69) is 15.8 Å². The van der Waals surface area contributed by atoms with Gasteiger partial charge in [-0.15, -0.1) is 0 Å². The molecule has 2 aromatic rings. The number of anilines is 1. The van der Waals surface area contributed by atoms with Crippen LogP contribution < -0.4 is 15.5 Å². The van der Waals surface area contributed by atoms with Crippen LogP contribution in [0.4, 0.5) is 5.69 Å². The molecule has 2 amide bonds. The molecule has 0 saturated heterocycles. The van der Waals surface area contributed by atoms with Crippen molar-refractivity contribution in [1.29, 1.82) is 0 Å². The van der Waals surface area contributed by atoms with Gasteiger partial charge in [0, 0.05) is 23.2 Å². The minimum absolute atomic E-state index is 0.0447. The first-order valence-corrected chi connectivity index (χ1v) is 8.64. The third-order valence-corrected chi connectivity index (χ3v) is 3.81. The number of benzene rings is 2. The third-order valence-electron chi connectivity index (χ3n) is 3.81. The van der Waals surface area contributed by atoms with Crippen LogP contribution in [0.15, 0.2) is 47.6 Å². The number of nitrogens with zero attached hydrogens (tertiary/aromatic N) is 1. The van der Waals surface area contributed by atoms with Crippen LogP contribution in [0.2, 0.25) is 0 Å². The molecule has 0 heterocycles. The van der Waals surface area contributed by atoms with Crippen LogP contribution >= 0.6 is 0 Å². The summed E-state index contributed by atoms with van der Waals surface area (Å²) in [6.07, 6.45) is 3.61. The molecule has 7 heteroatoms. The summed E-state index contributed by atoms with van der Waals surface area (Å²) in [5, 5.41) is 16.6. The smallest absolute Gasteiger partial charge is 0.271 e. The zero-order chi connectivity index (χ0) is 19.6. The van der Waals surface area contributed by atoms with Gasteiger partial charge in [-0.3, -0.25) is 9.59 Å². The fourth-order valence-corrected chi connectivity index (χ4v) is 2.30. The van der Waals surface area contributed by atoms with Crippen LogP contribution in [0.5, 0.6) is 11.5 Å². The molecule has 2 rings (SSSR count). The van der Waals surface area contributed by atoms with E-state index < -0.39 is 5.91 Å². The number of phenolic OH excluding ortho intramolecular Hbond substituents is 1. The van der Waals surface area contributed by atoms with Gasteiger partial charge in [-0.05, 0) is 42.8 Å². The van der Waals surface area contributed by atoms with Gasteiger partial charge in [0.15, 0.2) is 11.5 Å². The molecule has 0 aromatic heterocycles. The van der Waals surface area contributed by atoms with E-state index in [1.54, 1.807) is 42.5 Å². The van der Waals surface area contributed by atoms with E-state index >= 15 is 0 Å². The van der Waals surface area contributed by atoms with Crippen LogP contribution in [0, 0.1) is 0 Å². The Hall–Kier alpha value is -3.35. The molecule has 0 radical (unpaired) electrons. The molecule has 2 aromatic carbocycles. The van der Waals surface area contributed by atoms with Crippen molar-refractivity contribution in [2.45, 2.75) is 26.2 Å². The molecule has 0 spiro atoms.